The van der Waals surface area contributed by atoms with Gasteiger partial charge in [0.25, 0.3) is 0 Å². The maximum Gasteiger partial charge on any atom is 0.142 e. The first-order chi connectivity index (χ1) is 7.20. The van der Waals surface area contributed by atoms with Gasteiger partial charge in [0.05, 0.1) is 0 Å². The van der Waals surface area contributed by atoms with Gasteiger partial charge in [-0.25, -0.2) is 0 Å². The van der Waals surface area contributed by atoms with Gasteiger partial charge in [0.2, 0.25) is 0 Å². The van der Waals surface area contributed by atoms with Gasteiger partial charge in [0.1, 0.15) is 12.9 Å². The van der Waals surface area contributed by atoms with E-state index in [1.807, 2.05) is 0 Å². The van der Waals surface area contributed by atoms with E-state index in [9.17, 15) is 9.59 Å². The van der Waals surface area contributed by atoms with E-state index in [1.165, 1.54) is 14.0 Å². The minimum atomic E-state index is -0.135. The van der Waals surface area contributed by atoms with Crippen LogP contribution in [0.4, 0.5) is 0 Å². The maximum absolute atomic E-state index is 11.3. The molecule has 1 rings (SSSR count). The number of benzene rings is 1. The molecule has 0 aliphatic heterocycles. The van der Waals surface area contributed by atoms with Gasteiger partial charge in [0, 0.05) is 39.0 Å². The molecule has 5 heteroatoms. The molecule has 0 N–H and O–H groups in total. The Balaban J connectivity index is 0. The average molecular weight is 308 g/mol. The van der Waals surface area contributed by atoms with Crippen molar-refractivity contribution in [2.24, 2.45) is 5.16 Å². The molecule has 1 aromatic rings. The predicted molar refractivity (Wildman–Crippen MR) is 62.1 cm³/mol. The summed E-state index contributed by atoms with van der Waals surface area (Å²) >= 11 is 0. The molecule has 0 saturated heterocycles. The fourth-order valence-electron chi connectivity index (χ4n) is 1.21. The second kappa shape index (κ2) is 9.19. The number of rotatable bonds is 4. The van der Waals surface area contributed by atoms with Crippen molar-refractivity contribution in [3.63, 3.8) is 0 Å². The zero-order chi connectivity index (χ0) is 11.3. The summed E-state index contributed by atoms with van der Waals surface area (Å²) in [5.41, 5.74) is 0.849. The van der Waals surface area contributed by atoms with E-state index in [0.717, 1.165) is 0 Å². The van der Waals surface area contributed by atoms with Crippen LogP contribution in [-0.2, 0) is 42.3 Å². The van der Waals surface area contributed by atoms with E-state index in [2.05, 4.69) is 9.99 Å². The number of hydrogen-bond acceptors (Lipinski definition) is 4. The van der Waals surface area contributed by atoms with Gasteiger partial charge in [-0.15, -0.1) is 16.8 Å². The molecular formula is C12H13NO3Y-2. The Morgan fingerprint density at radius 1 is 1.29 bits per heavy atom. The molecule has 4 nitrogen and oxygen atoms in total. The van der Waals surface area contributed by atoms with Crippen LogP contribution in [0.25, 0.3) is 0 Å². The molecule has 17 heavy (non-hydrogen) atoms. The Kier molecular flexibility index (Phi) is 10.0. The smallest absolute Gasteiger partial charge is 0.142 e. The minimum Gasteiger partial charge on any atom is -0.417 e. The van der Waals surface area contributed by atoms with E-state index in [0.29, 0.717) is 11.1 Å². The normalized spacial score (nSPS) is 9.65. The van der Waals surface area contributed by atoms with Gasteiger partial charge < -0.3 is 17.1 Å². The number of carbonyl (C=O) groups is 1. The molecule has 1 radical (unpaired) electrons. The first-order valence-corrected chi connectivity index (χ1v) is 4.30. The van der Waals surface area contributed by atoms with Crippen molar-refractivity contribution in [2.75, 3.05) is 7.11 Å². The molecule has 0 atom stereocenters. The molecule has 0 saturated carbocycles. The fourth-order valence-corrected chi connectivity index (χ4v) is 1.21. The van der Waals surface area contributed by atoms with Gasteiger partial charge in [-0.3, -0.25) is 4.79 Å². The SMILES string of the molecule is CO/N=C(/[C-]=O)c1ccccc1C(C)=O.[CH3-].[Y]. The van der Waals surface area contributed by atoms with Crippen molar-refractivity contribution in [1.82, 2.24) is 0 Å². The van der Waals surface area contributed by atoms with E-state index >= 15 is 0 Å². The van der Waals surface area contributed by atoms with E-state index in [1.54, 1.807) is 30.6 Å². The summed E-state index contributed by atoms with van der Waals surface area (Å²) in [6, 6.07) is 6.68. The van der Waals surface area contributed by atoms with Crippen molar-refractivity contribution in [2.45, 2.75) is 6.92 Å². The second-order valence-corrected chi connectivity index (χ2v) is 2.83. The third-order valence-electron chi connectivity index (χ3n) is 1.84. The van der Waals surface area contributed by atoms with Gasteiger partial charge in [0.15, 0.2) is 0 Å². The standard InChI is InChI=1S/C11H10NO3.CH3.Y/c1-8(14)9-5-3-4-6-10(9)11(7-13)12-15-2;;/h3-6H,1-2H3;1H3;/q2*-1;/b12-11-;;. The number of carbonyl (C=O) groups excluding carboxylic acids is 2. The summed E-state index contributed by atoms with van der Waals surface area (Å²) in [5.74, 6) is -0.135. The van der Waals surface area contributed by atoms with Gasteiger partial charge >= 0.3 is 0 Å². The third-order valence-corrected chi connectivity index (χ3v) is 1.84. The van der Waals surface area contributed by atoms with Crippen LogP contribution in [0.1, 0.15) is 22.8 Å². The van der Waals surface area contributed by atoms with Crippen LogP contribution < -0.4 is 0 Å². The number of Topliss-reactive ketones (excluding diaryl/α,β-unsaturated/α-hetero) is 1. The Morgan fingerprint density at radius 2 is 1.82 bits per heavy atom. The molecule has 1 aromatic carbocycles. The third kappa shape index (κ3) is 4.88. The molecule has 0 heterocycles. The van der Waals surface area contributed by atoms with Crippen LogP contribution in [0, 0.1) is 7.43 Å². The van der Waals surface area contributed by atoms with E-state index in [-0.39, 0.29) is 51.6 Å². The van der Waals surface area contributed by atoms with E-state index in [4.69, 9.17) is 0 Å². The van der Waals surface area contributed by atoms with Crippen molar-refractivity contribution >= 4 is 17.8 Å². The first-order valence-electron chi connectivity index (χ1n) is 4.30. The number of hydrogen-bond donors (Lipinski definition) is 0. The monoisotopic (exact) mass is 308 g/mol. The average Bonchev–Trinajstić information content (AvgIpc) is 2.26. The van der Waals surface area contributed by atoms with E-state index < -0.39 is 0 Å². The molecule has 0 aliphatic rings. The summed E-state index contributed by atoms with van der Waals surface area (Å²) in [6.07, 6.45) is 1.64. The summed E-state index contributed by atoms with van der Waals surface area (Å²) in [5, 5.41) is 3.50. The summed E-state index contributed by atoms with van der Waals surface area (Å²) in [6.45, 7) is 1.42. The van der Waals surface area contributed by atoms with Crippen molar-refractivity contribution < 1.29 is 47.1 Å². The van der Waals surface area contributed by atoms with Gasteiger partial charge in [-0.1, -0.05) is 23.8 Å². The van der Waals surface area contributed by atoms with Crippen LogP contribution in [0.5, 0.6) is 0 Å². The molecule has 89 valence electrons. The molecule has 0 spiro atoms. The second-order valence-electron chi connectivity index (χ2n) is 2.83. The van der Waals surface area contributed by atoms with Crippen LogP contribution in [0.2, 0.25) is 0 Å². The number of ketones is 1. The Hall–Kier alpha value is -0.866. The molecule has 0 unspecified atom stereocenters. The van der Waals surface area contributed by atoms with Crippen molar-refractivity contribution in [3.8, 4) is 0 Å². The molecular weight excluding hydrogens is 295 g/mol. The Bertz CT molecular complexity index is 416. The first kappa shape index (κ1) is 18.5. The van der Waals surface area contributed by atoms with Gasteiger partial charge in [-0.05, 0) is 12.6 Å². The Labute approximate surface area is 126 Å². The van der Waals surface area contributed by atoms with Crippen molar-refractivity contribution in [3.05, 3.63) is 42.8 Å². The summed E-state index contributed by atoms with van der Waals surface area (Å²) in [7, 11) is 1.33. The minimum absolute atomic E-state index is 0. The van der Waals surface area contributed by atoms with Crippen LogP contribution in [-0.4, -0.2) is 24.9 Å². The zero-order valence-electron chi connectivity index (χ0n) is 10.1. The molecule has 0 fully saturated rings. The summed E-state index contributed by atoms with van der Waals surface area (Å²) < 4.78 is 0. The quantitative estimate of drug-likeness (QED) is 0.369. The molecule has 0 bridgehead atoms. The molecule has 0 amide bonds. The Morgan fingerprint density at radius 3 is 2.24 bits per heavy atom. The largest absolute Gasteiger partial charge is 0.417 e. The predicted octanol–water partition coefficient (Wildman–Crippen LogP) is 1.80. The zero-order valence-corrected chi connectivity index (χ0v) is 12.9. The fraction of sp³-hybridized carbons (Fsp3) is 0.167. The molecule has 0 aliphatic carbocycles. The van der Waals surface area contributed by atoms with Crippen LogP contribution in [0.3, 0.4) is 0 Å². The topological polar surface area (TPSA) is 55.7 Å². The van der Waals surface area contributed by atoms with Crippen LogP contribution in [0.15, 0.2) is 29.4 Å². The maximum atomic E-state index is 11.3. The van der Waals surface area contributed by atoms with Crippen molar-refractivity contribution in [1.29, 1.82) is 0 Å². The number of nitrogens with zero attached hydrogens (tertiary/aromatic N) is 1. The van der Waals surface area contributed by atoms with Gasteiger partial charge in [-0.2, -0.15) is 0 Å². The summed E-state index contributed by atoms with van der Waals surface area (Å²) in [4.78, 5) is 26.4. The van der Waals surface area contributed by atoms with Crippen LogP contribution >= 0.6 is 0 Å². The molecule has 0 aromatic heterocycles. The number of oxime groups is 1.